The van der Waals surface area contributed by atoms with Crippen molar-refractivity contribution < 1.29 is 5.11 Å². The highest BCUT2D eigenvalue weighted by Gasteiger charge is 2.11. The summed E-state index contributed by atoms with van der Waals surface area (Å²) in [6.45, 7) is 1.76. The number of aromatic nitrogens is 1. The molecule has 4 heteroatoms. The zero-order valence-corrected chi connectivity index (χ0v) is 8.20. The van der Waals surface area contributed by atoms with E-state index in [0.29, 0.717) is 11.4 Å². The van der Waals surface area contributed by atoms with Gasteiger partial charge in [-0.05, 0) is 18.6 Å². The fraction of sp³-hybridized carbons (Fsp3) is 0.444. The minimum absolute atomic E-state index is 0.246. The van der Waals surface area contributed by atoms with Gasteiger partial charge in [0.1, 0.15) is 0 Å². The molecule has 0 saturated carbocycles. The first kappa shape index (κ1) is 10.4. The summed E-state index contributed by atoms with van der Waals surface area (Å²) >= 11 is 5.86. The molecule has 0 fully saturated rings. The van der Waals surface area contributed by atoms with Gasteiger partial charge in [-0.2, -0.15) is 0 Å². The van der Waals surface area contributed by atoms with E-state index in [-0.39, 0.29) is 6.04 Å². The molecule has 0 saturated heterocycles. The van der Waals surface area contributed by atoms with Crippen LogP contribution in [0.15, 0.2) is 18.5 Å². The van der Waals surface area contributed by atoms with Crippen molar-refractivity contribution >= 4 is 11.6 Å². The molecule has 0 spiro atoms. The lowest BCUT2D eigenvalue weighted by molar-refractivity contribution is 0.151. The van der Waals surface area contributed by atoms with E-state index in [1.54, 1.807) is 25.4 Å². The van der Waals surface area contributed by atoms with Gasteiger partial charge in [0.05, 0.1) is 11.1 Å². The molecule has 0 aliphatic carbocycles. The molecule has 72 valence electrons. The summed E-state index contributed by atoms with van der Waals surface area (Å²) in [5, 5.41) is 10.1. The van der Waals surface area contributed by atoms with Crippen LogP contribution in [-0.2, 0) is 6.42 Å². The molecule has 3 N–H and O–H groups in total. The summed E-state index contributed by atoms with van der Waals surface area (Å²) in [4.78, 5) is 3.85. The highest BCUT2D eigenvalue weighted by Crippen LogP contribution is 2.15. The second-order valence-corrected chi connectivity index (χ2v) is 3.50. The van der Waals surface area contributed by atoms with Crippen LogP contribution in [0.5, 0.6) is 0 Å². The Morgan fingerprint density at radius 1 is 1.69 bits per heavy atom. The van der Waals surface area contributed by atoms with Gasteiger partial charge in [0.2, 0.25) is 0 Å². The molecule has 0 aliphatic rings. The largest absolute Gasteiger partial charge is 0.391 e. The molecule has 3 nitrogen and oxygen atoms in total. The van der Waals surface area contributed by atoms with Gasteiger partial charge in [0.25, 0.3) is 0 Å². The van der Waals surface area contributed by atoms with Crippen LogP contribution < -0.4 is 5.73 Å². The first-order valence-electron chi connectivity index (χ1n) is 4.13. The minimum atomic E-state index is -0.556. The summed E-state index contributed by atoms with van der Waals surface area (Å²) in [7, 11) is 0. The van der Waals surface area contributed by atoms with E-state index in [9.17, 15) is 5.11 Å². The van der Waals surface area contributed by atoms with Crippen molar-refractivity contribution in [2.24, 2.45) is 5.73 Å². The Morgan fingerprint density at radius 3 is 2.92 bits per heavy atom. The second-order valence-electron chi connectivity index (χ2n) is 3.10. The van der Waals surface area contributed by atoms with E-state index in [0.717, 1.165) is 5.56 Å². The highest BCUT2D eigenvalue weighted by molar-refractivity contribution is 6.31. The van der Waals surface area contributed by atoms with Crippen LogP contribution in [0, 0.1) is 0 Å². The number of hydrogen-bond acceptors (Lipinski definition) is 3. The molecular formula is C9H13ClN2O. The number of rotatable bonds is 3. The van der Waals surface area contributed by atoms with E-state index in [2.05, 4.69) is 4.98 Å². The van der Waals surface area contributed by atoms with Gasteiger partial charge in [0.15, 0.2) is 0 Å². The Bertz CT molecular complexity index is 278. The summed E-state index contributed by atoms with van der Waals surface area (Å²) in [5.41, 5.74) is 6.40. The van der Waals surface area contributed by atoms with Crippen molar-refractivity contribution in [2.45, 2.75) is 25.5 Å². The molecule has 0 bridgehead atoms. The smallest absolute Gasteiger partial charge is 0.0729 e. The summed E-state index contributed by atoms with van der Waals surface area (Å²) in [6.07, 6.45) is 3.12. The topological polar surface area (TPSA) is 59.1 Å². The normalized spacial score (nSPS) is 15.4. The molecule has 0 amide bonds. The molecule has 1 rings (SSSR count). The van der Waals surface area contributed by atoms with Gasteiger partial charge >= 0.3 is 0 Å². The Hall–Kier alpha value is -0.640. The van der Waals surface area contributed by atoms with Crippen LogP contribution in [0.2, 0.25) is 5.02 Å². The highest BCUT2D eigenvalue weighted by atomic mass is 35.5. The number of aliphatic hydroxyl groups excluding tert-OH is 1. The van der Waals surface area contributed by atoms with E-state index < -0.39 is 6.10 Å². The van der Waals surface area contributed by atoms with Crippen molar-refractivity contribution in [3.8, 4) is 0 Å². The summed E-state index contributed by atoms with van der Waals surface area (Å²) in [5.74, 6) is 0. The Labute approximate surface area is 82.5 Å². The molecule has 1 aromatic rings. The van der Waals surface area contributed by atoms with Crippen LogP contribution in [0.4, 0.5) is 0 Å². The van der Waals surface area contributed by atoms with Crippen molar-refractivity contribution in [3.63, 3.8) is 0 Å². The van der Waals surface area contributed by atoms with Crippen molar-refractivity contribution in [1.29, 1.82) is 0 Å². The van der Waals surface area contributed by atoms with Gasteiger partial charge in [-0.15, -0.1) is 0 Å². The minimum Gasteiger partial charge on any atom is -0.391 e. The number of nitrogens with two attached hydrogens (primary N) is 1. The first-order valence-corrected chi connectivity index (χ1v) is 4.51. The molecule has 2 unspecified atom stereocenters. The fourth-order valence-corrected chi connectivity index (χ4v) is 1.18. The van der Waals surface area contributed by atoms with Gasteiger partial charge < -0.3 is 10.8 Å². The average Bonchev–Trinajstić information content (AvgIpc) is 2.08. The maximum absolute atomic E-state index is 9.50. The molecule has 2 atom stereocenters. The second kappa shape index (κ2) is 4.56. The number of halogens is 1. The Kier molecular flexibility index (Phi) is 3.66. The van der Waals surface area contributed by atoms with Crippen molar-refractivity contribution in [1.82, 2.24) is 4.98 Å². The van der Waals surface area contributed by atoms with E-state index in [1.165, 1.54) is 0 Å². The molecular weight excluding hydrogens is 188 g/mol. The third kappa shape index (κ3) is 2.95. The molecule has 0 radical (unpaired) electrons. The molecule has 1 heterocycles. The van der Waals surface area contributed by atoms with Gasteiger partial charge in [-0.3, -0.25) is 4.98 Å². The number of nitrogens with zero attached hydrogens (tertiary/aromatic N) is 1. The number of hydrogen-bond donors (Lipinski definition) is 2. The summed E-state index contributed by atoms with van der Waals surface area (Å²) in [6, 6.07) is 1.54. The lowest BCUT2D eigenvalue weighted by atomic mass is 10.1. The third-order valence-electron chi connectivity index (χ3n) is 1.89. The fourth-order valence-electron chi connectivity index (χ4n) is 0.981. The predicted molar refractivity (Wildman–Crippen MR) is 52.6 cm³/mol. The molecule has 0 aromatic carbocycles. The van der Waals surface area contributed by atoms with Crippen LogP contribution in [0.3, 0.4) is 0 Å². The lowest BCUT2D eigenvalue weighted by Crippen LogP contribution is -2.33. The standard InChI is InChI=1S/C9H13ClN2O/c1-6(11)9(13)4-7-2-3-12-5-8(7)10/h2-3,5-6,9,13H,4,11H2,1H3. The van der Waals surface area contributed by atoms with E-state index >= 15 is 0 Å². The van der Waals surface area contributed by atoms with Gasteiger partial charge in [-0.25, -0.2) is 0 Å². The molecule has 0 aliphatic heterocycles. The molecule has 13 heavy (non-hydrogen) atoms. The van der Waals surface area contributed by atoms with Crippen molar-refractivity contribution in [2.75, 3.05) is 0 Å². The van der Waals surface area contributed by atoms with Crippen LogP contribution in [-0.4, -0.2) is 22.2 Å². The zero-order chi connectivity index (χ0) is 9.84. The third-order valence-corrected chi connectivity index (χ3v) is 2.23. The summed E-state index contributed by atoms with van der Waals surface area (Å²) < 4.78 is 0. The Balaban J connectivity index is 2.69. The Morgan fingerprint density at radius 2 is 2.38 bits per heavy atom. The van der Waals surface area contributed by atoms with E-state index in [1.807, 2.05) is 0 Å². The quantitative estimate of drug-likeness (QED) is 0.765. The average molecular weight is 201 g/mol. The van der Waals surface area contributed by atoms with Crippen LogP contribution >= 0.6 is 11.6 Å². The maximum Gasteiger partial charge on any atom is 0.0729 e. The number of pyridine rings is 1. The first-order chi connectivity index (χ1) is 6.11. The molecule has 1 aromatic heterocycles. The van der Waals surface area contributed by atoms with Crippen LogP contribution in [0.25, 0.3) is 0 Å². The van der Waals surface area contributed by atoms with Gasteiger partial charge in [-0.1, -0.05) is 11.6 Å². The predicted octanol–water partition coefficient (Wildman–Crippen LogP) is 0.986. The monoisotopic (exact) mass is 200 g/mol. The lowest BCUT2D eigenvalue weighted by Gasteiger charge is -2.14. The van der Waals surface area contributed by atoms with E-state index in [4.69, 9.17) is 17.3 Å². The maximum atomic E-state index is 9.50. The van der Waals surface area contributed by atoms with Crippen LogP contribution in [0.1, 0.15) is 12.5 Å². The SMILES string of the molecule is CC(N)C(O)Cc1ccncc1Cl. The zero-order valence-electron chi connectivity index (χ0n) is 7.44. The van der Waals surface area contributed by atoms with Crippen molar-refractivity contribution in [3.05, 3.63) is 29.0 Å². The number of aliphatic hydroxyl groups is 1. The van der Waals surface area contributed by atoms with Gasteiger partial charge in [0, 0.05) is 24.9 Å².